The fourth-order valence-electron chi connectivity index (χ4n) is 2.10. The zero-order valence-electron chi connectivity index (χ0n) is 10.9. The zero-order valence-corrected chi connectivity index (χ0v) is 10.9. The van der Waals surface area contributed by atoms with Crippen LogP contribution < -0.4 is 10.1 Å². The van der Waals surface area contributed by atoms with Crippen molar-refractivity contribution < 1.29 is 13.9 Å². The highest BCUT2D eigenvalue weighted by molar-refractivity contribution is 5.77. The van der Waals surface area contributed by atoms with Crippen molar-refractivity contribution in [2.45, 2.75) is 39.2 Å². The summed E-state index contributed by atoms with van der Waals surface area (Å²) in [6.45, 7) is 4.85. The van der Waals surface area contributed by atoms with Gasteiger partial charge in [-0.25, -0.2) is 0 Å². The lowest BCUT2D eigenvalue weighted by Gasteiger charge is -2.02. The van der Waals surface area contributed by atoms with E-state index in [2.05, 4.69) is 12.2 Å². The maximum Gasteiger partial charge on any atom is 0.308 e. The Balaban J connectivity index is 0.000000149. The highest BCUT2D eigenvalue weighted by atomic mass is 16.5. The minimum Gasteiger partial charge on any atom is -0.453 e. The molecule has 1 unspecified atom stereocenters. The second-order valence-electron chi connectivity index (χ2n) is 4.51. The molecule has 18 heavy (non-hydrogen) atoms. The first-order valence-electron chi connectivity index (χ1n) is 6.42. The number of nitrogens with one attached hydrogen (secondary N) is 1. The summed E-state index contributed by atoms with van der Waals surface area (Å²) in [6, 6.07) is 6.13. The maximum atomic E-state index is 10.5. The number of benzene rings is 1. The summed E-state index contributed by atoms with van der Waals surface area (Å²) in [4.78, 5) is 10.5. The lowest BCUT2D eigenvalue weighted by Crippen LogP contribution is -2.19. The highest BCUT2D eigenvalue weighted by Gasteiger charge is 2.10. The molecule has 3 heterocycles. The smallest absolute Gasteiger partial charge is 0.308 e. The molecule has 1 atom stereocenters. The van der Waals surface area contributed by atoms with Gasteiger partial charge in [0.1, 0.15) is 5.58 Å². The van der Waals surface area contributed by atoms with Gasteiger partial charge >= 0.3 is 5.97 Å². The minimum absolute atomic E-state index is 0.325. The van der Waals surface area contributed by atoms with Crippen molar-refractivity contribution in [1.29, 1.82) is 0 Å². The SMILES string of the molecule is CC(=O)Oc1cc2ccc1o2.CCC1CCCN1. The maximum absolute atomic E-state index is 10.5. The topological polar surface area (TPSA) is 51.5 Å². The summed E-state index contributed by atoms with van der Waals surface area (Å²) in [5, 5.41) is 3.41. The van der Waals surface area contributed by atoms with Crippen molar-refractivity contribution in [3.8, 4) is 5.75 Å². The number of carbonyl (C=O) groups excluding carboxylic acids is 1. The largest absolute Gasteiger partial charge is 0.453 e. The van der Waals surface area contributed by atoms with E-state index in [1.54, 1.807) is 12.1 Å². The average molecular weight is 249 g/mol. The van der Waals surface area contributed by atoms with Crippen LogP contribution in [-0.2, 0) is 4.79 Å². The summed E-state index contributed by atoms with van der Waals surface area (Å²) in [5.74, 6) is 0.184. The molecule has 1 aliphatic heterocycles. The second kappa shape index (κ2) is 5.87. The van der Waals surface area contributed by atoms with E-state index in [0.29, 0.717) is 11.3 Å². The summed E-state index contributed by atoms with van der Waals surface area (Å²) in [6.07, 6.45) is 4.09. The summed E-state index contributed by atoms with van der Waals surface area (Å²) >= 11 is 0. The Hall–Kier alpha value is -1.55. The van der Waals surface area contributed by atoms with E-state index in [-0.39, 0.29) is 5.97 Å². The number of ether oxygens (including phenoxy) is 1. The van der Waals surface area contributed by atoms with E-state index < -0.39 is 0 Å². The van der Waals surface area contributed by atoms with Gasteiger partial charge in [0, 0.05) is 19.0 Å². The molecule has 0 saturated carbocycles. The van der Waals surface area contributed by atoms with Gasteiger partial charge in [0.2, 0.25) is 0 Å². The van der Waals surface area contributed by atoms with Gasteiger partial charge in [-0.05, 0) is 37.9 Å². The Morgan fingerprint density at radius 2 is 2.39 bits per heavy atom. The van der Waals surface area contributed by atoms with Gasteiger partial charge in [-0.2, -0.15) is 0 Å². The Labute approximate surface area is 107 Å². The van der Waals surface area contributed by atoms with Crippen LogP contribution in [-0.4, -0.2) is 18.6 Å². The molecule has 1 fully saturated rings. The van der Waals surface area contributed by atoms with Crippen LogP contribution in [0, 0.1) is 0 Å². The summed E-state index contributed by atoms with van der Waals surface area (Å²) < 4.78 is 9.97. The van der Waals surface area contributed by atoms with Crippen LogP contribution in [0.1, 0.15) is 33.1 Å². The van der Waals surface area contributed by atoms with E-state index in [1.807, 2.05) is 6.07 Å². The van der Waals surface area contributed by atoms with Gasteiger partial charge in [0.25, 0.3) is 0 Å². The van der Waals surface area contributed by atoms with Crippen LogP contribution >= 0.6 is 0 Å². The molecule has 1 N–H and O–H groups in total. The van der Waals surface area contributed by atoms with Gasteiger partial charge in [0.15, 0.2) is 11.3 Å². The number of esters is 1. The first-order valence-corrected chi connectivity index (χ1v) is 6.42. The van der Waals surface area contributed by atoms with Crippen LogP contribution in [0.3, 0.4) is 0 Å². The third kappa shape index (κ3) is 3.23. The van der Waals surface area contributed by atoms with Crippen LogP contribution in [0.15, 0.2) is 22.6 Å². The van der Waals surface area contributed by atoms with Gasteiger partial charge in [0.05, 0.1) is 0 Å². The number of fused-ring (bicyclic) bond motifs is 2. The van der Waals surface area contributed by atoms with Gasteiger partial charge < -0.3 is 14.5 Å². The fourth-order valence-corrected chi connectivity index (χ4v) is 2.10. The molecular formula is C14H19NO3. The monoisotopic (exact) mass is 249 g/mol. The Bertz CT molecular complexity index is 485. The Kier molecular flexibility index (Phi) is 4.20. The first kappa shape index (κ1) is 12.9. The lowest BCUT2D eigenvalue weighted by atomic mass is 10.2. The number of carbonyl (C=O) groups is 1. The molecule has 2 aromatic rings. The number of hydrogen-bond donors (Lipinski definition) is 1. The van der Waals surface area contributed by atoms with Crippen molar-refractivity contribution in [2.75, 3.05) is 6.54 Å². The van der Waals surface area contributed by atoms with Gasteiger partial charge in [-0.1, -0.05) is 6.92 Å². The van der Waals surface area contributed by atoms with E-state index in [4.69, 9.17) is 9.15 Å². The van der Waals surface area contributed by atoms with Crippen LogP contribution in [0.25, 0.3) is 11.2 Å². The van der Waals surface area contributed by atoms with Crippen LogP contribution in [0.2, 0.25) is 0 Å². The molecule has 2 bridgehead atoms. The molecule has 0 spiro atoms. The Morgan fingerprint density at radius 1 is 1.56 bits per heavy atom. The van der Waals surface area contributed by atoms with Crippen molar-refractivity contribution in [1.82, 2.24) is 5.32 Å². The van der Waals surface area contributed by atoms with Gasteiger partial charge in [-0.3, -0.25) is 4.79 Å². The predicted molar refractivity (Wildman–Crippen MR) is 70.0 cm³/mol. The molecule has 1 aliphatic rings. The molecule has 0 radical (unpaired) electrons. The zero-order chi connectivity index (χ0) is 13.0. The number of hydrogen-bond acceptors (Lipinski definition) is 4. The molecule has 4 heteroatoms. The third-order valence-corrected chi connectivity index (χ3v) is 3.05. The number of furan rings is 2. The van der Waals surface area contributed by atoms with Crippen molar-refractivity contribution in [3.63, 3.8) is 0 Å². The van der Waals surface area contributed by atoms with Crippen molar-refractivity contribution >= 4 is 17.1 Å². The van der Waals surface area contributed by atoms with E-state index >= 15 is 0 Å². The molecule has 3 rings (SSSR count). The van der Waals surface area contributed by atoms with E-state index in [0.717, 1.165) is 11.6 Å². The molecule has 98 valence electrons. The lowest BCUT2D eigenvalue weighted by molar-refractivity contribution is -0.131. The van der Waals surface area contributed by atoms with Crippen LogP contribution in [0.5, 0.6) is 5.75 Å². The second-order valence-corrected chi connectivity index (χ2v) is 4.51. The molecule has 4 nitrogen and oxygen atoms in total. The number of rotatable bonds is 2. The van der Waals surface area contributed by atoms with Crippen molar-refractivity contribution in [2.24, 2.45) is 0 Å². The normalized spacial score (nSPS) is 18.7. The van der Waals surface area contributed by atoms with Gasteiger partial charge in [-0.15, -0.1) is 0 Å². The standard InChI is InChI=1S/C8H6O3.C6H13N/c1-5(9)10-8-4-6-2-3-7(8)11-6;1-2-6-4-3-5-7-6/h2-4H,1H3;6-7H,2-5H2,1H3. The molecule has 1 saturated heterocycles. The quantitative estimate of drug-likeness (QED) is 0.656. The van der Waals surface area contributed by atoms with Crippen molar-refractivity contribution in [3.05, 3.63) is 18.2 Å². The molecule has 0 aliphatic carbocycles. The molecule has 0 amide bonds. The molecule has 0 aromatic carbocycles. The highest BCUT2D eigenvalue weighted by Crippen LogP contribution is 2.28. The summed E-state index contributed by atoms with van der Waals surface area (Å²) in [7, 11) is 0. The first-order chi connectivity index (χ1) is 8.69. The summed E-state index contributed by atoms with van der Waals surface area (Å²) in [5.41, 5.74) is 1.35. The van der Waals surface area contributed by atoms with E-state index in [1.165, 1.54) is 32.7 Å². The molecule has 2 aromatic heterocycles. The predicted octanol–water partition coefficient (Wildman–Crippen LogP) is 2.94. The average Bonchev–Trinajstić information content (AvgIpc) is 3.06. The fraction of sp³-hybridized carbons (Fsp3) is 0.500. The van der Waals surface area contributed by atoms with E-state index in [9.17, 15) is 4.79 Å². The minimum atomic E-state index is -0.325. The molecular weight excluding hydrogens is 230 g/mol. The third-order valence-electron chi connectivity index (χ3n) is 3.05. The Morgan fingerprint density at radius 3 is 2.78 bits per heavy atom. The van der Waals surface area contributed by atoms with Crippen LogP contribution in [0.4, 0.5) is 0 Å².